The highest BCUT2D eigenvalue weighted by Crippen LogP contribution is 2.23. The van der Waals surface area contributed by atoms with Gasteiger partial charge >= 0.3 is 0 Å². The molecule has 0 fully saturated rings. The van der Waals surface area contributed by atoms with Crippen molar-refractivity contribution in [1.29, 1.82) is 0 Å². The molecule has 0 nitrogen and oxygen atoms in total. The van der Waals surface area contributed by atoms with Crippen LogP contribution in [0, 0.1) is 5.82 Å². The van der Waals surface area contributed by atoms with Crippen LogP contribution in [0.5, 0.6) is 0 Å². The molecule has 0 aromatic heterocycles. The zero-order valence-corrected chi connectivity index (χ0v) is 11.1. The Morgan fingerprint density at radius 1 is 0.950 bits per heavy atom. The first-order valence-corrected chi connectivity index (χ1v) is 6.44. The van der Waals surface area contributed by atoms with Gasteiger partial charge in [-0.15, -0.1) is 0 Å². The Kier molecular flexibility index (Phi) is 4.61. The molecule has 0 saturated heterocycles. The van der Waals surface area contributed by atoms with E-state index in [4.69, 9.17) is 0 Å². The van der Waals surface area contributed by atoms with E-state index in [0.717, 1.165) is 24.1 Å². The van der Waals surface area contributed by atoms with Gasteiger partial charge < -0.3 is 0 Å². The molecule has 0 aliphatic heterocycles. The van der Waals surface area contributed by atoms with Crippen LogP contribution in [0.4, 0.5) is 13.2 Å². The van der Waals surface area contributed by atoms with E-state index in [2.05, 4.69) is 6.92 Å². The molecule has 20 heavy (non-hydrogen) atoms. The van der Waals surface area contributed by atoms with Crippen molar-refractivity contribution in [2.24, 2.45) is 0 Å². The third kappa shape index (κ3) is 3.50. The number of hydrogen-bond donors (Lipinski definition) is 0. The Balaban J connectivity index is 2.16. The van der Waals surface area contributed by atoms with Gasteiger partial charge in [0.1, 0.15) is 5.82 Å². The van der Waals surface area contributed by atoms with Crippen LogP contribution >= 0.6 is 0 Å². The zero-order valence-electron chi connectivity index (χ0n) is 11.1. The minimum Gasteiger partial charge on any atom is -0.206 e. The highest BCUT2D eigenvalue weighted by atomic mass is 19.3. The van der Waals surface area contributed by atoms with E-state index in [1.807, 2.05) is 30.3 Å². The van der Waals surface area contributed by atoms with Gasteiger partial charge in [0.15, 0.2) is 0 Å². The van der Waals surface area contributed by atoms with Gasteiger partial charge in [0.25, 0.3) is 6.43 Å². The van der Waals surface area contributed by atoms with Gasteiger partial charge in [0, 0.05) is 0 Å². The quantitative estimate of drug-likeness (QED) is 0.647. The second kappa shape index (κ2) is 6.42. The largest absolute Gasteiger partial charge is 0.266 e. The Bertz CT molecular complexity index is 598. The van der Waals surface area contributed by atoms with E-state index in [1.54, 1.807) is 6.08 Å². The van der Waals surface area contributed by atoms with E-state index >= 15 is 0 Å². The fourth-order valence-electron chi connectivity index (χ4n) is 1.88. The summed E-state index contributed by atoms with van der Waals surface area (Å²) in [5, 5.41) is 0. The van der Waals surface area contributed by atoms with Crippen molar-refractivity contribution in [3.63, 3.8) is 0 Å². The molecule has 2 rings (SSSR count). The molecule has 0 bridgehead atoms. The molecule has 0 saturated carbocycles. The molecule has 0 N–H and O–H groups in total. The van der Waals surface area contributed by atoms with E-state index < -0.39 is 17.8 Å². The van der Waals surface area contributed by atoms with Gasteiger partial charge in [-0.05, 0) is 35.2 Å². The number of halogens is 3. The first kappa shape index (κ1) is 14.4. The first-order valence-electron chi connectivity index (χ1n) is 6.44. The maximum absolute atomic E-state index is 13.4. The number of hydrogen-bond acceptors (Lipinski definition) is 0. The lowest BCUT2D eigenvalue weighted by Crippen LogP contribution is -1.90. The highest BCUT2D eigenvalue weighted by Gasteiger charge is 2.12. The molecule has 0 heterocycles. The third-order valence-electron chi connectivity index (χ3n) is 3.12. The fraction of sp³-hybridized carbons (Fsp3) is 0.176. The molecule has 0 atom stereocenters. The topological polar surface area (TPSA) is 0 Å². The molecular weight excluding hydrogens is 261 g/mol. The van der Waals surface area contributed by atoms with Gasteiger partial charge in [0.05, 0.1) is 5.56 Å². The van der Waals surface area contributed by atoms with Crippen LogP contribution in [-0.4, -0.2) is 0 Å². The Hall–Kier alpha value is -2.03. The van der Waals surface area contributed by atoms with E-state index in [-0.39, 0.29) is 0 Å². The summed E-state index contributed by atoms with van der Waals surface area (Å²) in [6.45, 7) is 2.08. The summed E-state index contributed by atoms with van der Waals surface area (Å²) in [7, 11) is 0. The molecule has 2 aromatic carbocycles. The maximum Gasteiger partial charge on any atom is 0.266 e. The van der Waals surface area contributed by atoms with Crippen molar-refractivity contribution in [2.45, 2.75) is 19.8 Å². The van der Waals surface area contributed by atoms with Gasteiger partial charge in [-0.2, -0.15) is 0 Å². The lowest BCUT2D eigenvalue weighted by Gasteiger charge is -2.02. The van der Waals surface area contributed by atoms with Crippen molar-refractivity contribution in [3.05, 3.63) is 70.5 Å². The predicted molar refractivity (Wildman–Crippen MR) is 76.1 cm³/mol. The second-order valence-corrected chi connectivity index (χ2v) is 4.51. The molecule has 0 spiro atoms. The Morgan fingerprint density at radius 3 is 2.10 bits per heavy atom. The molecule has 0 aliphatic carbocycles. The Morgan fingerprint density at radius 2 is 1.55 bits per heavy atom. The highest BCUT2D eigenvalue weighted by molar-refractivity contribution is 5.69. The lowest BCUT2D eigenvalue weighted by atomic mass is 10.1. The molecule has 0 unspecified atom stereocenters. The van der Waals surface area contributed by atoms with Crippen LogP contribution in [0.2, 0.25) is 0 Å². The van der Waals surface area contributed by atoms with Gasteiger partial charge in [-0.1, -0.05) is 49.4 Å². The van der Waals surface area contributed by atoms with Crippen LogP contribution in [0.1, 0.15) is 35.6 Å². The summed E-state index contributed by atoms with van der Waals surface area (Å²) in [4.78, 5) is 0. The van der Waals surface area contributed by atoms with Gasteiger partial charge in [-0.25, -0.2) is 13.2 Å². The average Bonchev–Trinajstić information content (AvgIpc) is 2.45. The normalized spacial score (nSPS) is 11.4. The monoisotopic (exact) mass is 276 g/mol. The van der Waals surface area contributed by atoms with Crippen molar-refractivity contribution in [1.82, 2.24) is 0 Å². The fourth-order valence-corrected chi connectivity index (χ4v) is 1.88. The van der Waals surface area contributed by atoms with Crippen molar-refractivity contribution < 1.29 is 13.2 Å². The average molecular weight is 276 g/mol. The van der Waals surface area contributed by atoms with Gasteiger partial charge in [-0.3, -0.25) is 0 Å². The summed E-state index contributed by atoms with van der Waals surface area (Å²) >= 11 is 0. The summed E-state index contributed by atoms with van der Waals surface area (Å²) < 4.78 is 38.3. The zero-order chi connectivity index (χ0) is 14.5. The smallest absolute Gasteiger partial charge is 0.206 e. The Labute approximate surface area is 116 Å². The molecular formula is C17H15F3. The lowest BCUT2D eigenvalue weighted by molar-refractivity contribution is 0.146. The number of alkyl halides is 2. The second-order valence-electron chi connectivity index (χ2n) is 4.51. The molecule has 2 aromatic rings. The van der Waals surface area contributed by atoms with Crippen LogP contribution < -0.4 is 0 Å². The van der Waals surface area contributed by atoms with E-state index in [0.29, 0.717) is 5.56 Å². The van der Waals surface area contributed by atoms with E-state index in [1.165, 1.54) is 11.6 Å². The maximum atomic E-state index is 13.4. The van der Waals surface area contributed by atoms with E-state index in [9.17, 15) is 13.2 Å². The molecule has 104 valence electrons. The van der Waals surface area contributed by atoms with Crippen LogP contribution in [0.3, 0.4) is 0 Å². The number of aryl methyl sites for hydroxylation is 1. The summed E-state index contributed by atoms with van der Waals surface area (Å²) in [6, 6.07) is 11.7. The number of rotatable bonds is 4. The van der Waals surface area contributed by atoms with Gasteiger partial charge in [0.2, 0.25) is 0 Å². The summed E-state index contributed by atoms with van der Waals surface area (Å²) in [5.74, 6) is -0.872. The SMILES string of the molecule is CCc1ccc(/C=C/c2ccc(C(F)F)c(F)c2)cc1. The number of benzene rings is 2. The van der Waals surface area contributed by atoms with Crippen LogP contribution in [0.15, 0.2) is 42.5 Å². The van der Waals surface area contributed by atoms with Crippen LogP contribution in [0.25, 0.3) is 12.2 Å². The van der Waals surface area contributed by atoms with Crippen molar-refractivity contribution >= 4 is 12.2 Å². The minimum atomic E-state index is -2.78. The van der Waals surface area contributed by atoms with Crippen molar-refractivity contribution in [2.75, 3.05) is 0 Å². The minimum absolute atomic E-state index is 0.561. The third-order valence-corrected chi connectivity index (χ3v) is 3.12. The predicted octanol–water partition coefficient (Wildman–Crippen LogP) is 5.50. The standard InChI is InChI=1S/C17H15F3/c1-2-12-3-5-13(6-4-12)7-8-14-9-10-15(17(19)20)16(18)11-14/h3-11,17H,2H2,1H3/b8-7+. The molecule has 0 aliphatic rings. The molecule has 0 radical (unpaired) electrons. The molecule has 0 amide bonds. The van der Waals surface area contributed by atoms with Crippen LogP contribution in [-0.2, 0) is 6.42 Å². The van der Waals surface area contributed by atoms with Crippen molar-refractivity contribution in [3.8, 4) is 0 Å². The molecule has 3 heteroatoms. The summed E-state index contributed by atoms with van der Waals surface area (Å²) in [6.07, 6.45) is 1.73. The first-order chi connectivity index (χ1) is 9.60. The summed E-state index contributed by atoms with van der Waals surface area (Å²) in [5.41, 5.74) is 2.23.